The number of aryl methyl sites for hydroxylation is 2. The molecule has 1 aliphatic carbocycles. The predicted molar refractivity (Wildman–Crippen MR) is 95.4 cm³/mol. The van der Waals surface area contributed by atoms with Gasteiger partial charge in [-0.15, -0.1) is 0 Å². The van der Waals surface area contributed by atoms with Crippen LogP contribution in [0.4, 0.5) is 10.1 Å². The van der Waals surface area contributed by atoms with Gasteiger partial charge in [-0.25, -0.2) is 4.39 Å². The monoisotopic (exact) mass is 339 g/mol. The summed E-state index contributed by atoms with van der Waals surface area (Å²) < 4.78 is 13.9. The van der Waals surface area contributed by atoms with E-state index in [0.29, 0.717) is 37.4 Å². The Labute approximate surface area is 147 Å². The van der Waals surface area contributed by atoms with Crippen molar-refractivity contribution in [2.75, 3.05) is 31.1 Å². The zero-order valence-corrected chi connectivity index (χ0v) is 14.2. The second-order valence-corrected chi connectivity index (χ2v) is 6.77. The van der Waals surface area contributed by atoms with Crippen LogP contribution in [0.5, 0.6) is 0 Å². The summed E-state index contributed by atoms with van der Waals surface area (Å²) in [5, 5.41) is 0. The van der Waals surface area contributed by atoms with Gasteiger partial charge in [0.05, 0.1) is 11.3 Å². The summed E-state index contributed by atoms with van der Waals surface area (Å²) in [5.41, 5.74) is 3.67. The van der Waals surface area contributed by atoms with Crippen molar-refractivity contribution in [2.24, 2.45) is 0 Å². The van der Waals surface area contributed by atoms with Gasteiger partial charge in [0.15, 0.2) is 0 Å². The number of benzene rings is 1. The molecule has 1 aromatic heterocycles. The van der Waals surface area contributed by atoms with Gasteiger partial charge in [0.2, 0.25) is 0 Å². The Bertz CT molecular complexity index is 784. The normalized spacial score (nSPS) is 17.3. The summed E-state index contributed by atoms with van der Waals surface area (Å²) in [4.78, 5) is 21.1. The van der Waals surface area contributed by atoms with E-state index in [9.17, 15) is 9.18 Å². The number of para-hydroxylation sites is 1. The van der Waals surface area contributed by atoms with Crippen molar-refractivity contribution in [2.45, 2.75) is 25.7 Å². The van der Waals surface area contributed by atoms with Crippen LogP contribution < -0.4 is 4.90 Å². The molecule has 2 heterocycles. The van der Waals surface area contributed by atoms with Crippen LogP contribution in [0.15, 0.2) is 36.5 Å². The molecule has 1 aliphatic heterocycles. The molecule has 1 fully saturated rings. The van der Waals surface area contributed by atoms with E-state index in [0.717, 1.165) is 18.5 Å². The number of anilines is 1. The standard InChI is InChI=1S/C20H22FN3O/c21-17-6-2-4-8-19(17)23-9-11-24(12-10-23)20(25)16-13-15-5-1-3-7-18(15)22-14-16/h2,4,6,8,13-14H,1,3,5,7,9-12H2. The van der Waals surface area contributed by atoms with Crippen LogP contribution >= 0.6 is 0 Å². The highest BCUT2D eigenvalue weighted by molar-refractivity contribution is 5.94. The minimum Gasteiger partial charge on any atom is -0.366 e. The average molecular weight is 339 g/mol. The number of nitrogens with zero attached hydrogens (tertiary/aromatic N) is 3. The number of carbonyl (C=O) groups excluding carboxylic acids is 1. The molecule has 0 radical (unpaired) electrons. The minimum absolute atomic E-state index is 0.0362. The number of hydrogen-bond acceptors (Lipinski definition) is 3. The number of fused-ring (bicyclic) bond motifs is 1. The Morgan fingerprint density at radius 1 is 1.04 bits per heavy atom. The highest BCUT2D eigenvalue weighted by atomic mass is 19.1. The first kappa shape index (κ1) is 16.1. The average Bonchev–Trinajstić information content (AvgIpc) is 2.67. The third-order valence-corrected chi connectivity index (χ3v) is 5.18. The van der Waals surface area contributed by atoms with Crippen molar-refractivity contribution in [1.29, 1.82) is 0 Å². The molecule has 0 unspecified atom stereocenters. The molecule has 0 bridgehead atoms. The largest absolute Gasteiger partial charge is 0.366 e. The van der Waals surface area contributed by atoms with Gasteiger partial charge in [-0.05, 0) is 49.4 Å². The Hall–Kier alpha value is -2.43. The molecule has 0 spiro atoms. The van der Waals surface area contributed by atoms with E-state index in [1.54, 1.807) is 18.3 Å². The molecular weight excluding hydrogens is 317 g/mol. The molecule has 0 N–H and O–H groups in total. The second kappa shape index (κ2) is 6.82. The molecule has 25 heavy (non-hydrogen) atoms. The number of carbonyl (C=O) groups is 1. The van der Waals surface area contributed by atoms with Crippen molar-refractivity contribution in [3.8, 4) is 0 Å². The van der Waals surface area contributed by atoms with Crippen molar-refractivity contribution >= 4 is 11.6 Å². The summed E-state index contributed by atoms with van der Waals surface area (Å²) in [7, 11) is 0. The lowest BCUT2D eigenvalue weighted by atomic mass is 9.95. The molecule has 0 saturated carbocycles. The number of pyridine rings is 1. The van der Waals surface area contributed by atoms with E-state index >= 15 is 0 Å². The van der Waals surface area contributed by atoms with Crippen LogP contribution in [-0.2, 0) is 12.8 Å². The first-order valence-corrected chi connectivity index (χ1v) is 8.99. The summed E-state index contributed by atoms with van der Waals surface area (Å²) >= 11 is 0. The number of halogens is 1. The topological polar surface area (TPSA) is 36.4 Å². The van der Waals surface area contributed by atoms with Crippen molar-refractivity contribution in [3.63, 3.8) is 0 Å². The summed E-state index contributed by atoms with van der Waals surface area (Å²) in [6.45, 7) is 2.49. The molecule has 4 nitrogen and oxygen atoms in total. The molecule has 1 amide bonds. The second-order valence-electron chi connectivity index (χ2n) is 6.77. The highest BCUT2D eigenvalue weighted by Gasteiger charge is 2.24. The highest BCUT2D eigenvalue weighted by Crippen LogP contribution is 2.23. The van der Waals surface area contributed by atoms with Crippen LogP contribution in [0.25, 0.3) is 0 Å². The maximum atomic E-state index is 13.9. The molecule has 4 rings (SSSR count). The van der Waals surface area contributed by atoms with Gasteiger partial charge in [-0.1, -0.05) is 12.1 Å². The number of aromatic nitrogens is 1. The van der Waals surface area contributed by atoms with Gasteiger partial charge in [0.25, 0.3) is 5.91 Å². The van der Waals surface area contributed by atoms with Crippen LogP contribution in [0.2, 0.25) is 0 Å². The Kier molecular flexibility index (Phi) is 4.38. The summed E-state index contributed by atoms with van der Waals surface area (Å²) in [5.74, 6) is -0.171. The fourth-order valence-corrected chi connectivity index (χ4v) is 3.75. The van der Waals surface area contributed by atoms with Crippen molar-refractivity contribution in [1.82, 2.24) is 9.88 Å². The van der Waals surface area contributed by atoms with Gasteiger partial charge in [0.1, 0.15) is 5.82 Å². The SMILES string of the molecule is O=C(c1cnc2c(c1)CCCC2)N1CCN(c2ccccc2F)CC1. The van der Waals surface area contributed by atoms with Gasteiger partial charge < -0.3 is 9.80 Å². The van der Waals surface area contributed by atoms with E-state index in [2.05, 4.69) is 4.98 Å². The third-order valence-electron chi connectivity index (χ3n) is 5.18. The fourth-order valence-electron chi connectivity index (χ4n) is 3.75. The maximum Gasteiger partial charge on any atom is 0.255 e. The lowest BCUT2D eigenvalue weighted by Crippen LogP contribution is -2.49. The molecule has 2 aliphatic rings. The van der Waals surface area contributed by atoms with Crippen LogP contribution in [-0.4, -0.2) is 42.0 Å². The molecule has 5 heteroatoms. The molecule has 130 valence electrons. The molecule has 2 aromatic rings. The smallest absolute Gasteiger partial charge is 0.255 e. The quantitative estimate of drug-likeness (QED) is 0.844. The zero-order valence-electron chi connectivity index (χ0n) is 14.2. The number of piperazine rings is 1. The third kappa shape index (κ3) is 3.23. The van der Waals surface area contributed by atoms with E-state index in [1.165, 1.54) is 24.5 Å². The first-order chi connectivity index (χ1) is 12.2. The molecule has 1 aromatic carbocycles. The lowest BCUT2D eigenvalue weighted by molar-refractivity contribution is 0.0746. The van der Waals surface area contributed by atoms with Crippen molar-refractivity contribution < 1.29 is 9.18 Å². The predicted octanol–water partition coefficient (Wildman–Crippen LogP) is 3.06. The maximum absolute atomic E-state index is 13.9. The van der Waals surface area contributed by atoms with Crippen molar-refractivity contribution in [3.05, 3.63) is 59.2 Å². The zero-order chi connectivity index (χ0) is 17.2. The van der Waals surface area contributed by atoms with Gasteiger partial charge in [-0.2, -0.15) is 0 Å². The van der Waals surface area contributed by atoms with Gasteiger partial charge >= 0.3 is 0 Å². The number of amides is 1. The van der Waals surface area contributed by atoms with Gasteiger partial charge in [0, 0.05) is 38.1 Å². The summed E-state index contributed by atoms with van der Waals surface area (Å²) in [6, 6.07) is 8.83. The van der Waals surface area contributed by atoms with Crippen LogP contribution in [0, 0.1) is 5.82 Å². The molecule has 0 atom stereocenters. The van der Waals surface area contributed by atoms with Gasteiger partial charge in [-0.3, -0.25) is 9.78 Å². The van der Waals surface area contributed by atoms with E-state index < -0.39 is 0 Å². The van der Waals surface area contributed by atoms with E-state index in [4.69, 9.17) is 0 Å². The number of hydrogen-bond donors (Lipinski definition) is 0. The van der Waals surface area contributed by atoms with Crippen LogP contribution in [0.3, 0.4) is 0 Å². The summed E-state index contributed by atoms with van der Waals surface area (Å²) in [6.07, 6.45) is 6.12. The Balaban J connectivity index is 1.44. The Morgan fingerprint density at radius 2 is 1.80 bits per heavy atom. The van der Waals surface area contributed by atoms with Crippen LogP contribution in [0.1, 0.15) is 34.5 Å². The Morgan fingerprint density at radius 3 is 2.60 bits per heavy atom. The minimum atomic E-state index is -0.207. The van der Waals surface area contributed by atoms with E-state index in [1.807, 2.05) is 21.9 Å². The van der Waals surface area contributed by atoms with E-state index in [-0.39, 0.29) is 11.7 Å². The fraction of sp³-hybridized carbons (Fsp3) is 0.400. The lowest BCUT2D eigenvalue weighted by Gasteiger charge is -2.36. The molecule has 1 saturated heterocycles. The number of rotatable bonds is 2. The molecular formula is C20H22FN3O. The first-order valence-electron chi connectivity index (χ1n) is 8.99.